The smallest absolute Gasteiger partial charge is 0.224 e. The Morgan fingerprint density at radius 1 is 1.33 bits per heavy atom. The summed E-state index contributed by atoms with van der Waals surface area (Å²) in [6, 6.07) is 0.226. The molecule has 2 amide bonds. The highest BCUT2D eigenvalue weighted by molar-refractivity contribution is 7.99. The van der Waals surface area contributed by atoms with Gasteiger partial charge in [-0.2, -0.15) is 11.8 Å². The minimum atomic E-state index is -0.0362. The standard InChI is InChI=1S/C16H28N4O3S/c21-15(9-14-12-24-8-1-17-14)18-13-10-16(22)20(11-13)3-2-19-4-6-23-7-5-19/h13-14,17H,1-12H2,(H,18,21). The number of carbonyl (C=O) groups is 2. The van der Waals surface area contributed by atoms with Gasteiger partial charge in [-0.25, -0.2) is 0 Å². The van der Waals surface area contributed by atoms with Gasteiger partial charge < -0.3 is 20.3 Å². The molecule has 3 aliphatic rings. The fraction of sp³-hybridized carbons (Fsp3) is 0.875. The molecule has 0 aliphatic carbocycles. The maximum atomic E-state index is 12.2. The van der Waals surface area contributed by atoms with Gasteiger partial charge in [-0.05, 0) is 0 Å². The molecule has 0 aromatic rings. The lowest BCUT2D eigenvalue weighted by atomic mass is 10.2. The van der Waals surface area contributed by atoms with Crippen molar-refractivity contribution < 1.29 is 14.3 Å². The van der Waals surface area contributed by atoms with Crippen LogP contribution in [0.4, 0.5) is 0 Å². The van der Waals surface area contributed by atoms with Gasteiger partial charge in [0.1, 0.15) is 0 Å². The normalized spacial score (nSPS) is 29.0. The number of carbonyl (C=O) groups excluding carboxylic acids is 2. The van der Waals surface area contributed by atoms with Gasteiger partial charge in [-0.3, -0.25) is 14.5 Å². The van der Waals surface area contributed by atoms with E-state index in [1.807, 2.05) is 16.7 Å². The molecule has 136 valence electrons. The Balaban J connectivity index is 1.36. The number of amides is 2. The maximum absolute atomic E-state index is 12.2. The minimum Gasteiger partial charge on any atom is -0.379 e. The SMILES string of the molecule is O=C(CC1CSCCN1)NC1CC(=O)N(CCN2CCOCC2)C1. The fourth-order valence-electron chi connectivity index (χ4n) is 3.43. The van der Waals surface area contributed by atoms with Crippen LogP contribution < -0.4 is 10.6 Å². The molecule has 0 spiro atoms. The Morgan fingerprint density at radius 3 is 2.92 bits per heavy atom. The van der Waals surface area contributed by atoms with Crippen molar-refractivity contribution >= 4 is 23.6 Å². The van der Waals surface area contributed by atoms with E-state index in [4.69, 9.17) is 4.74 Å². The molecule has 24 heavy (non-hydrogen) atoms. The van der Waals surface area contributed by atoms with Crippen LogP contribution in [0, 0.1) is 0 Å². The molecule has 0 bridgehead atoms. The Labute approximate surface area is 147 Å². The van der Waals surface area contributed by atoms with Gasteiger partial charge in [0.05, 0.1) is 19.3 Å². The molecule has 3 rings (SSSR count). The third kappa shape index (κ3) is 5.34. The highest BCUT2D eigenvalue weighted by atomic mass is 32.2. The molecule has 8 heteroatoms. The van der Waals surface area contributed by atoms with E-state index in [1.54, 1.807) is 0 Å². The molecular weight excluding hydrogens is 328 g/mol. The summed E-state index contributed by atoms with van der Waals surface area (Å²) < 4.78 is 5.34. The van der Waals surface area contributed by atoms with Crippen molar-refractivity contribution in [2.24, 2.45) is 0 Å². The lowest BCUT2D eigenvalue weighted by molar-refractivity contribution is -0.128. The highest BCUT2D eigenvalue weighted by Gasteiger charge is 2.31. The summed E-state index contributed by atoms with van der Waals surface area (Å²) in [5.41, 5.74) is 0. The van der Waals surface area contributed by atoms with Gasteiger partial charge in [-0.1, -0.05) is 0 Å². The van der Waals surface area contributed by atoms with Gasteiger partial charge in [0.2, 0.25) is 11.8 Å². The summed E-state index contributed by atoms with van der Waals surface area (Å²) in [7, 11) is 0. The predicted octanol–water partition coefficient (Wildman–Crippen LogP) is -0.869. The zero-order valence-corrected chi connectivity index (χ0v) is 15.0. The van der Waals surface area contributed by atoms with E-state index in [-0.39, 0.29) is 23.9 Å². The molecule has 0 aromatic heterocycles. The average molecular weight is 356 g/mol. The molecule has 2 N–H and O–H groups in total. The monoisotopic (exact) mass is 356 g/mol. The molecule has 2 unspecified atom stereocenters. The summed E-state index contributed by atoms with van der Waals surface area (Å²) in [6.07, 6.45) is 0.938. The van der Waals surface area contributed by atoms with Crippen molar-refractivity contribution in [3.63, 3.8) is 0 Å². The van der Waals surface area contributed by atoms with Crippen molar-refractivity contribution in [2.75, 3.05) is 64.0 Å². The van der Waals surface area contributed by atoms with Crippen molar-refractivity contribution in [3.8, 4) is 0 Å². The van der Waals surface area contributed by atoms with E-state index < -0.39 is 0 Å². The number of morpholine rings is 1. The van der Waals surface area contributed by atoms with Crippen molar-refractivity contribution in [2.45, 2.75) is 24.9 Å². The Morgan fingerprint density at radius 2 is 2.17 bits per heavy atom. The second-order valence-corrected chi connectivity index (χ2v) is 7.84. The molecule has 3 aliphatic heterocycles. The highest BCUT2D eigenvalue weighted by Crippen LogP contribution is 2.13. The van der Waals surface area contributed by atoms with Crippen LogP contribution >= 0.6 is 11.8 Å². The van der Waals surface area contributed by atoms with Crippen LogP contribution in [0.5, 0.6) is 0 Å². The summed E-state index contributed by atoms with van der Waals surface area (Å²) >= 11 is 1.89. The van der Waals surface area contributed by atoms with Crippen molar-refractivity contribution in [3.05, 3.63) is 0 Å². The zero-order valence-electron chi connectivity index (χ0n) is 14.2. The van der Waals surface area contributed by atoms with Gasteiger partial charge in [0.15, 0.2) is 0 Å². The van der Waals surface area contributed by atoms with Crippen LogP contribution in [-0.4, -0.2) is 97.7 Å². The Kier molecular flexibility index (Phi) is 6.76. The number of nitrogens with zero attached hydrogens (tertiary/aromatic N) is 2. The number of hydrogen-bond donors (Lipinski definition) is 2. The number of rotatable bonds is 6. The second kappa shape index (κ2) is 9.03. The molecule has 3 heterocycles. The molecule has 0 aromatic carbocycles. The largest absolute Gasteiger partial charge is 0.379 e. The zero-order chi connectivity index (χ0) is 16.8. The van der Waals surface area contributed by atoms with E-state index in [9.17, 15) is 9.59 Å². The van der Waals surface area contributed by atoms with Crippen molar-refractivity contribution in [1.29, 1.82) is 0 Å². The van der Waals surface area contributed by atoms with Crippen molar-refractivity contribution in [1.82, 2.24) is 20.4 Å². The van der Waals surface area contributed by atoms with Gasteiger partial charge in [0, 0.05) is 69.7 Å². The number of ether oxygens (including phenoxy) is 1. The fourth-order valence-corrected chi connectivity index (χ4v) is 4.38. The first-order chi connectivity index (χ1) is 11.7. The first-order valence-electron chi connectivity index (χ1n) is 8.89. The van der Waals surface area contributed by atoms with E-state index >= 15 is 0 Å². The predicted molar refractivity (Wildman–Crippen MR) is 94.1 cm³/mol. The molecule has 2 atom stereocenters. The molecule has 0 radical (unpaired) electrons. The molecule has 0 saturated carbocycles. The van der Waals surface area contributed by atoms with E-state index in [0.29, 0.717) is 19.4 Å². The van der Waals surface area contributed by atoms with Gasteiger partial charge in [-0.15, -0.1) is 0 Å². The summed E-state index contributed by atoms with van der Waals surface area (Å²) in [6.45, 7) is 6.68. The van der Waals surface area contributed by atoms with Crippen LogP contribution in [0.2, 0.25) is 0 Å². The Hall–Kier alpha value is -0.830. The van der Waals surface area contributed by atoms with E-state index in [1.165, 1.54) is 0 Å². The number of likely N-dealkylation sites (tertiary alicyclic amines) is 1. The molecule has 7 nitrogen and oxygen atoms in total. The lowest BCUT2D eigenvalue weighted by Crippen LogP contribution is -2.45. The van der Waals surface area contributed by atoms with Gasteiger partial charge in [0.25, 0.3) is 0 Å². The number of thioether (sulfide) groups is 1. The van der Waals surface area contributed by atoms with Crippen LogP contribution in [0.3, 0.4) is 0 Å². The van der Waals surface area contributed by atoms with Crippen LogP contribution in [-0.2, 0) is 14.3 Å². The van der Waals surface area contributed by atoms with Crippen LogP contribution in [0.15, 0.2) is 0 Å². The topological polar surface area (TPSA) is 73.9 Å². The van der Waals surface area contributed by atoms with E-state index in [0.717, 1.165) is 57.4 Å². The third-order valence-corrected chi connectivity index (χ3v) is 5.93. The first kappa shape index (κ1) is 18.0. The maximum Gasteiger partial charge on any atom is 0.224 e. The summed E-state index contributed by atoms with van der Waals surface area (Å²) in [5, 5.41) is 6.41. The van der Waals surface area contributed by atoms with Crippen LogP contribution in [0.1, 0.15) is 12.8 Å². The molecule has 3 fully saturated rings. The summed E-state index contributed by atoms with van der Waals surface area (Å²) in [5.74, 6) is 2.32. The van der Waals surface area contributed by atoms with Crippen LogP contribution in [0.25, 0.3) is 0 Å². The molecule has 3 saturated heterocycles. The Bertz CT molecular complexity index is 439. The average Bonchev–Trinajstić information content (AvgIpc) is 2.94. The third-order valence-electron chi connectivity index (χ3n) is 4.80. The number of nitrogens with one attached hydrogen (secondary N) is 2. The first-order valence-corrected chi connectivity index (χ1v) is 10.0. The van der Waals surface area contributed by atoms with Gasteiger partial charge >= 0.3 is 0 Å². The lowest BCUT2D eigenvalue weighted by Gasteiger charge is -2.28. The quantitative estimate of drug-likeness (QED) is 0.645. The second-order valence-electron chi connectivity index (χ2n) is 6.69. The minimum absolute atomic E-state index is 0.0362. The van der Waals surface area contributed by atoms with E-state index in [2.05, 4.69) is 15.5 Å². The number of hydrogen-bond acceptors (Lipinski definition) is 6. The summed E-state index contributed by atoms with van der Waals surface area (Å²) in [4.78, 5) is 28.5. The molecular formula is C16H28N4O3S.